The first kappa shape index (κ1) is 18.9. The number of hydrogen-bond acceptors (Lipinski definition) is 4. The van der Waals surface area contributed by atoms with E-state index in [1.807, 2.05) is 0 Å². The van der Waals surface area contributed by atoms with Crippen LogP contribution in [0, 0.1) is 0 Å². The smallest absolute Gasteiger partial charge is 0.428 e. The third-order valence-corrected chi connectivity index (χ3v) is 2.66. The summed E-state index contributed by atoms with van der Waals surface area (Å²) in [6.07, 6.45) is 0.677. The molecule has 0 saturated carbocycles. The molecule has 0 aliphatic carbocycles. The molecular formula is C16H22F2N2O3. The van der Waals surface area contributed by atoms with Crippen LogP contribution in [0.1, 0.15) is 39.7 Å². The first-order valence-corrected chi connectivity index (χ1v) is 7.21. The van der Waals surface area contributed by atoms with Crippen LogP contribution < -0.4 is 10.2 Å². The van der Waals surface area contributed by atoms with Crippen molar-refractivity contribution in [2.24, 2.45) is 5.10 Å². The number of carbonyl (C=O) groups excluding carboxylic acids is 1. The normalized spacial score (nSPS) is 12.2. The van der Waals surface area contributed by atoms with Crippen LogP contribution in [0.25, 0.3) is 0 Å². The molecule has 1 N–H and O–H groups in total. The molecule has 0 heterocycles. The summed E-state index contributed by atoms with van der Waals surface area (Å²) >= 11 is 0. The van der Waals surface area contributed by atoms with Crippen LogP contribution in [0.5, 0.6) is 5.75 Å². The Morgan fingerprint density at radius 2 is 1.87 bits per heavy atom. The number of ether oxygens (including phenoxy) is 2. The minimum Gasteiger partial charge on any atom is -0.443 e. The minimum atomic E-state index is -2.82. The van der Waals surface area contributed by atoms with Gasteiger partial charge in [0.05, 0.1) is 0 Å². The minimum absolute atomic E-state index is 0.126. The largest absolute Gasteiger partial charge is 0.443 e. The second-order valence-corrected chi connectivity index (χ2v) is 5.98. The number of amides is 1. The van der Waals surface area contributed by atoms with Gasteiger partial charge in [0.2, 0.25) is 0 Å². The number of hydrazone groups is 1. The number of alkyl halides is 2. The van der Waals surface area contributed by atoms with Crippen molar-refractivity contribution < 1.29 is 23.0 Å². The van der Waals surface area contributed by atoms with Crippen LogP contribution in [-0.2, 0) is 11.2 Å². The highest BCUT2D eigenvalue weighted by Gasteiger charge is 2.15. The second kappa shape index (κ2) is 8.45. The zero-order valence-corrected chi connectivity index (χ0v) is 13.7. The van der Waals surface area contributed by atoms with E-state index >= 15 is 0 Å². The molecule has 0 fully saturated rings. The summed E-state index contributed by atoms with van der Waals surface area (Å²) in [5, 5.41) is 3.95. The van der Waals surface area contributed by atoms with Gasteiger partial charge in [-0.1, -0.05) is 12.1 Å². The van der Waals surface area contributed by atoms with Gasteiger partial charge in [0.1, 0.15) is 11.4 Å². The monoisotopic (exact) mass is 328 g/mol. The maximum Gasteiger partial charge on any atom is 0.428 e. The second-order valence-electron chi connectivity index (χ2n) is 5.98. The van der Waals surface area contributed by atoms with Crippen molar-refractivity contribution in [1.82, 2.24) is 5.43 Å². The van der Waals surface area contributed by atoms with Crippen molar-refractivity contribution in [2.75, 3.05) is 0 Å². The average molecular weight is 328 g/mol. The van der Waals surface area contributed by atoms with Gasteiger partial charge in [-0.15, -0.1) is 0 Å². The molecular weight excluding hydrogens is 306 g/mol. The highest BCUT2D eigenvalue weighted by molar-refractivity contribution is 5.83. The highest BCUT2D eigenvalue weighted by atomic mass is 19.3. The number of hydrogen-bond donors (Lipinski definition) is 1. The van der Waals surface area contributed by atoms with Gasteiger partial charge in [0, 0.05) is 5.71 Å². The van der Waals surface area contributed by atoms with E-state index in [1.165, 1.54) is 12.1 Å². The molecule has 0 spiro atoms. The number of rotatable bonds is 6. The third kappa shape index (κ3) is 8.75. The molecule has 23 heavy (non-hydrogen) atoms. The lowest BCUT2D eigenvalue weighted by molar-refractivity contribution is -0.0498. The Labute approximate surface area is 134 Å². The molecule has 0 atom stereocenters. The summed E-state index contributed by atoms with van der Waals surface area (Å²) < 4.78 is 33.4. The van der Waals surface area contributed by atoms with Crippen molar-refractivity contribution in [1.29, 1.82) is 0 Å². The fraction of sp³-hybridized carbons (Fsp3) is 0.500. The van der Waals surface area contributed by atoms with Crippen LogP contribution in [0.15, 0.2) is 29.4 Å². The van der Waals surface area contributed by atoms with E-state index in [4.69, 9.17) is 4.74 Å². The SMILES string of the molecule is C/C(CCc1ccc(OC(F)F)cc1)=N/NC(=O)OC(C)(C)C. The molecule has 5 nitrogen and oxygen atoms in total. The highest BCUT2D eigenvalue weighted by Crippen LogP contribution is 2.15. The van der Waals surface area contributed by atoms with Crippen LogP contribution in [-0.4, -0.2) is 24.0 Å². The van der Waals surface area contributed by atoms with E-state index in [-0.39, 0.29) is 5.75 Å². The molecule has 0 saturated heterocycles. The maximum absolute atomic E-state index is 12.0. The number of aryl methyl sites for hydroxylation is 1. The molecule has 1 aromatic carbocycles. The maximum atomic E-state index is 12.0. The Morgan fingerprint density at radius 3 is 2.39 bits per heavy atom. The van der Waals surface area contributed by atoms with E-state index in [1.54, 1.807) is 39.8 Å². The molecule has 1 aromatic rings. The Morgan fingerprint density at radius 1 is 1.26 bits per heavy atom. The van der Waals surface area contributed by atoms with Gasteiger partial charge in [-0.2, -0.15) is 13.9 Å². The van der Waals surface area contributed by atoms with Gasteiger partial charge in [0.15, 0.2) is 0 Å². The Balaban J connectivity index is 2.41. The van der Waals surface area contributed by atoms with E-state index in [0.29, 0.717) is 12.8 Å². The Kier molecular flexibility index (Phi) is 6.93. The van der Waals surface area contributed by atoms with E-state index in [0.717, 1.165) is 11.3 Å². The van der Waals surface area contributed by atoms with E-state index in [2.05, 4.69) is 15.3 Å². The lowest BCUT2D eigenvalue weighted by Gasteiger charge is -2.18. The van der Waals surface area contributed by atoms with E-state index in [9.17, 15) is 13.6 Å². The predicted octanol–water partition coefficient (Wildman–Crippen LogP) is 4.12. The summed E-state index contributed by atoms with van der Waals surface area (Å²) in [5.41, 5.74) is 3.44. The molecule has 1 amide bonds. The summed E-state index contributed by atoms with van der Waals surface area (Å²) in [7, 11) is 0. The zero-order valence-electron chi connectivity index (χ0n) is 13.7. The molecule has 1 rings (SSSR count). The van der Waals surface area contributed by atoms with Gasteiger partial charge in [-0.3, -0.25) is 0 Å². The van der Waals surface area contributed by atoms with E-state index < -0.39 is 18.3 Å². The van der Waals surface area contributed by atoms with Gasteiger partial charge in [0.25, 0.3) is 0 Å². The molecule has 0 unspecified atom stereocenters. The Bertz CT molecular complexity index is 537. The van der Waals surface area contributed by atoms with Crippen molar-refractivity contribution in [3.63, 3.8) is 0 Å². The molecule has 0 aliphatic rings. The molecule has 0 aromatic heterocycles. The van der Waals surface area contributed by atoms with Crippen molar-refractivity contribution >= 4 is 11.8 Å². The quantitative estimate of drug-likeness (QED) is 0.631. The fourth-order valence-corrected chi connectivity index (χ4v) is 1.66. The summed E-state index contributed by atoms with van der Waals surface area (Å²) in [5.74, 6) is 0.126. The summed E-state index contributed by atoms with van der Waals surface area (Å²) in [6.45, 7) is 4.26. The van der Waals surface area contributed by atoms with Crippen LogP contribution in [0.2, 0.25) is 0 Å². The van der Waals surface area contributed by atoms with Crippen LogP contribution in [0.4, 0.5) is 13.6 Å². The number of nitrogens with one attached hydrogen (secondary N) is 1. The molecule has 7 heteroatoms. The fourth-order valence-electron chi connectivity index (χ4n) is 1.66. The molecule has 128 valence electrons. The Hall–Kier alpha value is -2.18. The van der Waals surface area contributed by atoms with Gasteiger partial charge < -0.3 is 9.47 Å². The molecule has 0 aliphatic heterocycles. The van der Waals surface area contributed by atoms with Crippen molar-refractivity contribution in [3.05, 3.63) is 29.8 Å². The van der Waals surface area contributed by atoms with Gasteiger partial charge in [-0.25, -0.2) is 10.2 Å². The average Bonchev–Trinajstić information content (AvgIpc) is 2.42. The van der Waals surface area contributed by atoms with Gasteiger partial charge in [-0.05, 0) is 58.2 Å². The third-order valence-electron chi connectivity index (χ3n) is 2.66. The number of carbonyl (C=O) groups is 1. The molecule has 0 radical (unpaired) electrons. The number of benzene rings is 1. The first-order valence-electron chi connectivity index (χ1n) is 7.21. The van der Waals surface area contributed by atoms with Crippen LogP contribution in [0.3, 0.4) is 0 Å². The van der Waals surface area contributed by atoms with Crippen LogP contribution >= 0.6 is 0 Å². The standard InChI is InChI=1S/C16H22F2N2O3/c1-11(19-20-15(21)23-16(2,3)4)5-6-12-7-9-13(10-8-12)22-14(17)18/h7-10,14H,5-6H2,1-4H3,(H,20,21)/b19-11-. The lowest BCUT2D eigenvalue weighted by Crippen LogP contribution is -2.30. The van der Waals surface area contributed by atoms with Crippen molar-refractivity contribution in [3.8, 4) is 5.75 Å². The molecule has 0 bridgehead atoms. The predicted molar refractivity (Wildman–Crippen MR) is 83.9 cm³/mol. The number of halogens is 2. The van der Waals surface area contributed by atoms with Crippen molar-refractivity contribution in [2.45, 2.75) is 52.7 Å². The topological polar surface area (TPSA) is 59.9 Å². The first-order chi connectivity index (χ1) is 10.7. The zero-order chi connectivity index (χ0) is 17.5. The lowest BCUT2D eigenvalue weighted by atomic mass is 10.1. The summed E-state index contributed by atoms with van der Waals surface area (Å²) in [4.78, 5) is 11.4. The number of nitrogens with zero attached hydrogens (tertiary/aromatic N) is 1. The van der Waals surface area contributed by atoms with Gasteiger partial charge >= 0.3 is 12.7 Å². The summed E-state index contributed by atoms with van der Waals surface area (Å²) in [6, 6.07) is 6.42.